The molecule has 1 saturated heterocycles. The van der Waals surface area contributed by atoms with Crippen molar-refractivity contribution >= 4 is 0 Å². The molecule has 6 aliphatic rings. The number of nitrogens with zero attached hydrogens (tertiary/aromatic N) is 1. The fourth-order valence-corrected chi connectivity index (χ4v) is 9.06. The van der Waals surface area contributed by atoms with Crippen molar-refractivity contribution in [3.8, 4) is 11.5 Å². The number of likely N-dealkylation sites (tertiary alicyclic amines) is 1. The Bertz CT molecular complexity index is 1180. The zero-order valence-electron chi connectivity index (χ0n) is 20.4. The third-order valence-corrected chi connectivity index (χ3v) is 11.0. The summed E-state index contributed by atoms with van der Waals surface area (Å²) in [5.74, 6) is 1.74. The predicted octanol–water partition coefficient (Wildman–Crippen LogP) is 3.89. The van der Waals surface area contributed by atoms with Gasteiger partial charge in [-0.15, -0.1) is 0 Å². The summed E-state index contributed by atoms with van der Waals surface area (Å²) in [6.45, 7) is 3.01. The van der Waals surface area contributed by atoms with E-state index >= 15 is 0 Å². The van der Waals surface area contributed by atoms with Crippen molar-refractivity contribution in [3.63, 3.8) is 0 Å². The fourth-order valence-electron chi connectivity index (χ4n) is 9.06. The molecule has 2 heterocycles. The number of aliphatic hydroxyl groups is 1. The second kappa shape index (κ2) is 7.02. The summed E-state index contributed by atoms with van der Waals surface area (Å²) in [7, 11) is 0. The van der Waals surface area contributed by atoms with Gasteiger partial charge < -0.3 is 20.3 Å². The second-order valence-corrected chi connectivity index (χ2v) is 12.4. The molecule has 184 valence electrons. The molecule has 2 bridgehead atoms. The summed E-state index contributed by atoms with van der Waals surface area (Å²) in [6, 6.07) is 15.1. The van der Waals surface area contributed by atoms with E-state index in [0.717, 1.165) is 69.6 Å². The van der Waals surface area contributed by atoms with Gasteiger partial charge in [0.15, 0.2) is 11.5 Å². The van der Waals surface area contributed by atoms with E-state index in [1.165, 1.54) is 24.0 Å². The highest BCUT2D eigenvalue weighted by Gasteiger charge is 2.77. The van der Waals surface area contributed by atoms with Crippen molar-refractivity contribution in [2.24, 2.45) is 11.3 Å². The molecule has 6 atom stereocenters. The minimum atomic E-state index is -0.790. The number of ether oxygens (including phenoxy) is 1. The lowest BCUT2D eigenvalue weighted by Gasteiger charge is -2.69. The SMILES string of the molecule is Oc1ccc2c3c1O[C@H]1[C@@]4(CC[C@H]4NCc4ccccc4)CC[C@@]4(O)[C@H](C2)N(CC2CC2)CC[C@]314. The van der Waals surface area contributed by atoms with Crippen LogP contribution in [-0.4, -0.2) is 52.0 Å². The van der Waals surface area contributed by atoms with Crippen molar-refractivity contribution < 1.29 is 14.9 Å². The zero-order valence-corrected chi connectivity index (χ0v) is 20.4. The van der Waals surface area contributed by atoms with Gasteiger partial charge in [-0.2, -0.15) is 0 Å². The molecule has 3 saturated carbocycles. The third kappa shape index (κ3) is 2.60. The van der Waals surface area contributed by atoms with Gasteiger partial charge in [-0.3, -0.25) is 4.90 Å². The van der Waals surface area contributed by atoms with Gasteiger partial charge in [-0.1, -0.05) is 36.4 Å². The highest BCUT2D eigenvalue weighted by molar-refractivity contribution is 5.63. The van der Waals surface area contributed by atoms with Gasteiger partial charge >= 0.3 is 0 Å². The molecular weight excluding hydrogens is 436 g/mol. The molecule has 0 aromatic heterocycles. The number of piperidine rings is 1. The molecule has 3 N–H and O–H groups in total. The number of hydrogen-bond donors (Lipinski definition) is 3. The van der Waals surface area contributed by atoms with E-state index in [1.807, 2.05) is 6.07 Å². The Balaban J connectivity index is 1.20. The quantitative estimate of drug-likeness (QED) is 0.616. The van der Waals surface area contributed by atoms with Crippen molar-refractivity contribution in [1.29, 1.82) is 0 Å². The first kappa shape index (κ1) is 21.0. The Labute approximate surface area is 207 Å². The van der Waals surface area contributed by atoms with E-state index < -0.39 is 11.0 Å². The molecule has 5 heteroatoms. The van der Waals surface area contributed by atoms with Crippen molar-refractivity contribution in [1.82, 2.24) is 10.2 Å². The number of phenols is 1. The fraction of sp³-hybridized carbons (Fsp3) is 0.600. The molecule has 0 radical (unpaired) electrons. The van der Waals surface area contributed by atoms with Crippen LogP contribution in [-0.2, 0) is 18.4 Å². The summed E-state index contributed by atoms with van der Waals surface area (Å²) in [4.78, 5) is 2.62. The van der Waals surface area contributed by atoms with Gasteiger partial charge in [0.2, 0.25) is 0 Å². The van der Waals surface area contributed by atoms with Crippen LogP contribution in [0.25, 0.3) is 0 Å². The average Bonchev–Trinajstić information content (AvgIpc) is 3.59. The number of benzene rings is 2. The van der Waals surface area contributed by atoms with Gasteiger partial charge in [-0.25, -0.2) is 0 Å². The van der Waals surface area contributed by atoms with Gasteiger partial charge in [0.1, 0.15) is 6.10 Å². The lowest BCUT2D eigenvalue weighted by molar-refractivity contribution is -0.236. The maximum Gasteiger partial charge on any atom is 0.165 e. The molecule has 2 aromatic carbocycles. The Hall–Kier alpha value is -2.08. The second-order valence-electron chi connectivity index (χ2n) is 12.4. The van der Waals surface area contributed by atoms with Crippen LogP contribution in [0, 0.1) is 11.3 Å². The van der Waals surface area contributed by atoms with E-state index in [0.29, 0.717) is 11.8 Å². The van der Waals surface area contributed by atoms with Crippen molar-refractivity contribution in [2.75, 3.05) is 13.1 Å². The van der Waals surface area contributed by atoms with E-state index in [-0.39, 0.29) is 23.3 Å². The van der Waals surface area contributed by atoms with E-state index in [2.05, 4.69) is 46.6 Å². The molecule has 4 fully saturated rings. The molecule has 2 aliphatic heterocycles. The highest BCUT2D eigenvalue weighted by Crippen LogP contribution is 2.71. The molecule has 0 unspecified atom stereocenters. The molecular formula is C30H36N2O3. The van der Waals surface area contributed by atoms with Crippen LogP contribution in [0.5, 0.6) is 11.5 Å². The standard InChI is InChI=1S/C30H36N2O3/c33-22-9-8-21-16-24-30(34)13-12-28(11-10-23(28)31-17-19-4-2-1-3-5-19)27-29(30,25(21)26(22)35-27)14-15-32(24)18-20-6-7-20/h1-5,8-9,20,23-24,27,31,33-34H,6-7,10-18H2/t23-,24+,27+,28+,29+,30-/m1/s1. The summed E-state index contributed by atoms with van der Waals surface area (Å²) in [5.41, 5.74) is 2.55. The third-order valence-electron chi connectivity index (χ3n) is 11.0. The number of nitrogens with one attached hydrogen (secondary N) is 1. The van der Waals surface area contributed by atoms with E-state index in [4.69, 9.17) is 4.74 Å². The van der Waals surface area contributed by atoms with Crippen LogP contribution in [0.1, 0.15) is 61.6 Å². The summed E-state index contributed by atoms with van der Waals surface area (Å²) in [5, 5.41) is 27.5. The Morgan fingerprint density at radius 3 is 2.63 bits per heavy atom. The highest BCUT2D eigenvalue weighted by atomic mass is 16.5. The number of aromatic hydroxyl groups is 1. The smallest absolute Gasteiger partial charge is 0.165 e. The normalized spacial score (nSPS) is 40.8. The minimum Gasteiger partial charge on any atom is -0.504 e. The van der Waals surface area contributed by atoms with Crippen LogP contribution >= 0.6 is 0 Å². The number of hydrogen-bond acceptors (Lipinski definition) is 5. The van der Waals surface area contributed by atoms with Crippen molar-refractivity contribution in [3.05, 3.63) is 59.2 Å². The minimum absolute atomic E-state index is 0.00426. The molecule has 0 amide bonds. The van der Waals surface area contributed by atoms with E-state index in [1.54, 1.807) is 0 Å². The number of phenolic OH excluding ortho intramolecular Hbond substituents is 1. The Kier molecular flexibility index (Phi) is 4.22. The largest absolute Gasteiger partial charge is 0.504 e. The lowest BCUT2D eigenvalue weighted by atomic mass is 9.40. The van der Waals surface area contributed by atoms with Gasteiger partial charge in [0.25, 0.3) is 0 Å². The molecule has 2 aromatic rings. The Morgan fingerprint density at radius 2 is 1.86 bits per heavy atom. The summed E-state index contributed by atoms with van der Waals surface area (Å²) < 4.78 is 6.87. The summed E-state index contributed by atoms with van der Waals surface area (Å²) in [6.07, 6.45) is 8.48. The number of rotatable bonds is 5. The van der Waals surface area contributed by atoms with Gasteiger partial charge in [0, 0.05) is 36.2 Å². The van der Waals surface area contributed by atoms with Gasteiger partial charge in [-0.05, 0) is 81.0 Å². The molecule has 5 nitrogen and oxygen atoms in total. The van der Waals surface area contributed by atoms with E-state index in [9.17, 15) is 10.2 Å². The molecule has 8 rings (SSSR count). The van der Waals surface area contributed by atoms with Crippen LogP contribution in [0.3, 0.4) is 0 Å². The maximum absolute atomic E-state index is 12.7. The Morgan fingerprint density at radius 1 is 1.00 bits per heavy atom. The topological polar surface area (TPSA) is 65.0 Å². The maximum atomic E-state index is 12.7. The first-order valence-electron chi connectivity index (χ1n) is 13.8. The van der Waals surface area contributed by atoms with Crippen molar-refractivity contribution in [2.45, 2.75) is 87.1 Å². The molecule has 2 spiro atoms. The number of fused-ring (bicyclic) bond motifs is 1. The first-order valence-corrected chi connectivity index (χ1v) is 13.8. The van der Waals surface area contributed by atoms with Crippen LogP contribution < -0.4 is 10.1 Å². The van der Waals surface area contributed by atoms with Gasteiger partial charge in [0.05, 0.1) is 11.0 Å². The zero-order chi connectivity index (χ0) is 23.4. The first-order chi connectivity index (χ1) is 17.1. The van der Waals surface area contributed by atoms with Crippen LogP contribution in [0.2, 0.25) is 0 Å². The predicted molar refractivity (Wildman–Crippen MR) is 134 cm³/mol. The van der Waals surface area contributed by atoms with Crippen LogP contribution in [0.15, 0.2) is 42.5 Å². The molecule has 35 heavy (non-hydrogen) atoms. The monoisotopic (exact) mass is 472 g/mol. The van der Waals surface area contributed by atoms with Crippen LogP contribution in [0.4, 0.5) is 0 Å². The summed E-state index contributed by atoms with van der Waals surface area (Å²) >= 11 is 0. The molecule has 4 aliphatic carbocycles. The lowest BCUT2D eigenvalue weighted by Crippen LogP contribution is -2.80. The average molecular weight is 473 g/mol.